The van der Waals surface area contributed by atoms with E-state index in [4.69, 9.17) is 19.4 Å². The lowest BCUT2D eigenvalue weighted by Crippen LogP contribution is -2.58. The first-order valence-corrected chi connectivity index (χ1v) is 15.9. The highest BCUT2D eigenvalue weighted by atomic mass is 16.6. The summed E-state index contributed by atoms with van der Waals surface area (Å²) >= 11 is 0. The smallest absolute Gasteiger partial charge is 0.316 e. The van der Waals surface area contributed by atoms with Gasteiger partial charge in [0.2, 0.25) is 18.3 Å². The molecule has 0 aromatic carbocycles. The zero-order valence-corrected chi connectivity index (χ0v) is 29.9. The number of aliphatic hydroxyl groups excluding tert-OH is 2. The van der Waals surface area contributed by atoms with Gasteiger partial charge in [-0.15, -0.1) is 0 Å². The number of likely N-dealkylation sites (N-methyl/N-ethyl adjacent to an activating group) is 2. The Hall–Kier alpha value is -4.32. The van der Waals surface area contributed by atoms with E-state index in [1.807, 2.05) is 11.8 Å². The molecule has 2 amide bonds. The molecule has 0 radical (unpaired) electrons. The Morgan fingerprint density at radius 1 is 1.18 bits per heavy atom. The van der Waals surface area contributed by atoms with E-state index in [1.165, 1.54) is 27.8 Å². The summed E-state index contributed by atoms with van der Waals surface area (Å²) in [6, 6.07) is -3.58. The number of hydrogen-bond donors (Lipinski definition) is 4. The molecule has 2 rings (SSSR count). The van der Waals surface area contributed by atoms with Gasteiger partial charge in [0.05, 0.1) is 18.1 Å². The summed E-state index contributed by atoms with van der Waals surface area (Å²) in [6.07, 6.45) is -5.84. The Morgan fingerprint density at radius 2 is 1.78 bits per heavy atom. The molecule has 0 spiro atoms. The van der Waals surface area contributed by atoms with Gasteiger partial charge in [-0.2, -0.15) is 0 Å². The van der Waals surface area contributed by atoms with Crippen molar-refractivity contribution in [2.45, 2.75) is 110 Å². The fraction of sp³-hybridized carbons (Fsp3) is 0.742. The van der Waals surface area contributed by atoms with Crippen LogP contribution in [0.3, 0.4) is 0 Å². The van der Waals surface area contributed by atoms with E-state index in [9.17, 15) is 39.4 Å². The lowest BCUT2D eigenvalue weighted by atomic mass is 9.80. The molecule has 8 atom stereocenters. The summed E-state index contributed by atoms with van der Waals surface area (Å²) in [7, 11) is 5.00. The number of rotatable bonds is 15. The van der Waals surface area contributed by atoms with E-state index in [-0.39, 0.29) is 10.9 Å². The summed E-state index contributed by atoms with van der Waals surface area (Å²) in [5.74, 6) is -5.14. The number of aliphatic imine (C=N–C) groups is 1. The summed E-state index contributed by atoms with van der Waals surface area (Å²) in [5.41, 5.74) is -2.36. The van der Waals surface area contributed by atoms with Crippen molar-refractivity contribution < 1.29 is 58.5 Å². The zero-order valence-electron chi connectivity index (χ0n) is 29.9. The van der Waals surface area contributed by atoms with Crippen molar-refractivity contribution in [3.05, 3.63) is 16.5 Å². The normalized spacial score (nSPS) is 24.2. The molecule has 49 heavy (non-hydrogen) atoms. The summed E-state index contributed by atoms with van der Waals surface area (Å²) in [6.45, 7) is 11.1. The number of Topliss-reactive ketones (excluding diaryl/α,β-unsaturated/α-hetero) is 1. The molecular formula is C31H50N6O12. The van der Waals surface area contributed by atoms with E-state index in [2.05, 4.69) is 15.6 Å². The van der Waals surface area contributed by atoms with Crippen molar-refractivity contribution in [3.8, 4) is 0 Å². The molecular weight excluding hydrogens is 648 g/mol. The van der Waals surface area contributed by atoms with Gasteiger partial charge in [0, 0.05) is 20.4 Å². The van der Waals surface area contributed by atoms with Gasteiger partial charge in [-0.3, -0.25) is 28.9 Å². The summed E-state index contributed by atoms with van der Waals surface area (Å²) in [5, 5.41) is 47.5. The maximum absolute atomic E-state index is 13.9. The Bertz CT molecular complexity index is 1350. The van der Waals surface area contributed by atoms with Crippen LogP contribution in [0.5, 0.6) is 0 Å². The number of aliphatic hydroxyl groups is 2. The maximum atomic E-state index is 13.9. The number of hydrogen-bond acceptors (Lipinski definition) is 14. The quantitative estimate of drug-likeness (QED) is 0.0346. The number of amides is 2. The monoisotopic (exact) mass is 698 g/mol. The largest absolute Gasteiger partial charge is 0.597 e. The summed E-state index contributed by atoms with van der Waals surface area (Å²) < 4.78 is 17.1. The van der Waals surface area contributed by atoms with Crippen LogP contribution in [0.4, 0.5) is 0 Å². The predicted molar refractivity (Wildman–Crippen MR) is 171 cm³/mol. The number of hydroxylamine groups is 1. The van der Waals surface area contributed by atoms with Crippen LogP contribution in [0.1, 0.15) is 61.8 Å². The first-order valence-electron chi connectivity index (χ1n) is 15.9. The molecule has 0 aromatic heterocycles. The van der Waals surface area contributed by atoms with Gasteiger partial charge in [-0.05, 0) is 54.6 Å². The molecule has 0 aromatic rings. The zero-order chi connectivity index (χ0) is 37.7. The molecule has 2 aliphatic rings. The first kappa shape index (κ1) is 40.9. The van der Waals surface area contributed by atoms with Crippen LogP contribution in [0.2, 0.25) is 0 Å². The minimum Gasteiger partial charge on any atom is -0.597 e. The first-order chi connectivity index (χ1) is 22.6. The van der Waals surface area contributed by atoms with E-state index in [1.54, 1.807) is 34.9 Å². The van der Waals surface area contributed by atoms with Crippen LogP contribution in [0.15, 0.2) is 21.6 Å². The highest BCUT2D eigenvalue weighted by molar-refractivity contribution is 6.26. The number of carbonyl (C=O) groups is 5. The third-order valence-corrected chi connectivity index (χ3v) is 8.74. The minimum atomic E-state index is -1.85. The molecule has 2 heterocycles. The van der Waals surface area contributed by atoms with Crippen LogP contribution >= 0.6 is 0 Å². The fourth-order valence-corrected chi connectivity index (χ4v) is 5.36. The second-order valence-corrected chi connectivity index (χ2v) is 13.5. The molecule has 2 aliphatic heterocycles. The molecule has 1 fully saturated rings. The van der Waals surface area contributed by atoms with E-state index in [0.29, 0.717) is 5.90 Å². The van der Waals surface area contributed by atoms with Gasteiger partial charge in [0.1, 0.15) is 35.1 Å². The van der Waals surface area contributed by atoms with Crippen molar-refractivity contribution in [2.75, 3.05) is 27.7 Å². The van der Waals surface area contributed by atoms with Crippen molar-refractivity contribution in [2.24, 2.45) is 21.6 Å². The van der Waals surface area contributed by atoms with Gasteiger partial charge < -0.3 is 45.1 Å². The number of carbonyl (C=O) groups excluding carboxylic acids is 5. The topological polar surface area (TPSA) is 243 Å². The third kappa shape index (κ3) is 9.44. The second kappa shape index (κ2) is 16.4. The third-order valence-electron chi connectivity index (χ3n) is 8.74. The lowest BCUT2D eigenvalue weighted by Gasteiger charge is -2.39. The Kier molecular flexibility index (Phi) is 13.7. The minimum absolute atomic E-state index is 0.205. The molecule has 18 nitrogen and oxygen atoms in total. The predicted octanol–water partition coefficient (Wildman–Crippen LogP) is 0.477. The van der Waals surface area contributed by atoms with Crippen LogP contribution in [-0.4, -0.2) is 142 Å². The Morgan fingerprint density at radius 3 is 2.24 bits per heavy atom. The number of likely N-dealkylation sites (tertiary alicyclic amines) is 1. The highest BCUT2D eigenvalue weighted by Gasteiger charge is 2.50. The van der Waals surface area contributed by atoms with Gasteiger partial charge in [0.25, 0.3) is 5.91 Å². The van der Waals surface area contributed by atoms with E-state index >= 15 is 0 Å². The average molecular weight is 699 g/mol. The lowest BCUT2D eigenvalue weighted by molar-refractivity contribution is -0.563. The van der Waals surface area contributed by atoms with Crippen molar-refractivity contribution in [3.63, 3.8) is 0 Å². The van der Waals surface area contributed by atoms with Gasteiger partial charge in [-0.25, -0.2) is 4.99 Å². The Labute approximate surface area is 285 Å². The van der Waals surface area contributed by atoms with Crippen molar-refractivity contribution in [1.82, 2.24) is 15.1 Å². The molecule has 1 saturated heterocycles. The fourth-order valence-electron chi connectivity index (χ4n) is 5.36. The summed E-state index contributed by atoms with van der Waals surface area (Å²) in [4.78, 5) is 72.8. The molecule has 4 N–H and O–H groups in total. The Balaban J connectivity index is 2.56. The van der Waals surface area contributed by atoms with Gasteiger partial charge in [-0.1, -0.05) is 18.7 Å². The number of esters is 2. The molecule has 0 bridgehead atoms. The second-order valence-electron chi connectivity index (χ2n) is 13.5. The van der Waals surface area contributed by atoms with E-state index in [0.717, 1.165) is 11.8 Å². The molecule has 0 aliphatic carbocycles. The molecule has 0 saturated carbocycles. The van der Waals surface area contributed by atoms with Crippen LogP contribution in [0, 0.1) is 16.5 Å². The highest BCUT2D eigenvalue weighted by Crippen LogP contribution is 2.33. The molecule has 18 heteroatoms. The van der Waals surface area contributed by atoms with Crippen molar-refractivity contribution in [1.29, 1.82) is 0 Å². The van der Waals surface area contributed by atoms with Crippen LogP contribution < -0.4 is 5.32 Å². The average Bonchev–Trinajstić information content (AvgIpc) is 3.49. The molecule has 0 unspecified atom stereocenters. The number of nitrogens with one attached hydrogen (secondary N) is 1. The van der Waals surface area contributed by atoms with Crippen LogP contribution in [0.25, 0.3) is 0 Å². The van der Waals surface area contributed by atoms with Crippen LogP contribution in [-0.2, 0) is 38.2 Å². The van der Waals surface area contributed by atoms with E-state index < -0.39 is 108 Å². The standard InChI is InChI=1S/C31H50N6O12/c1-14(2)25(24(41)21-23(40)15(3)36(11)29(21)43)49-30(44)31(7,8)26(48-18(6)38)20(12-19(39)13-37(46)34-45)32-27(42)22-17(5)47-28(33-22)16(4)35(9)10/h14-17,19-20,22,25-26,39,41,45H,12-13H2,1-11H3,(H,32,42)/b24-21-,37-34-/t15-,16-,17+,19+,20-,22-,25-,26-/m0/s1. The maximum Gasteiger partial charge on any atom is 0.316 e. The SMILES string of the molecule is CC(=O)O[C@@H]([C@H](C[C@@H](O)C/[N+]([O-])=N/O)NC(=O)[C@H]1N=C([C@H](C)N(C)C)O[C@@H]1C)C(C)(C)C(=O)O[C@H](/C(O)=C1\C(=O)[C@H](C)N(C)C1=O)C(C)C. The number of ketones is 1. The number of ether oxygens (including phenoxy) is 3. The number of nitrogens with zero attached hydrogens (tertiary/aromatic N) is 5. The van der Waals surface area contributed by atoms with Gasteiger partial charge >= 0.3 is 11.9 Å². The van der Waals surface area contributed by atoms with Crippen molar-refractivity contribution >= 4 is 35.4 Å². The molecule has 276 valence electrons. The van der Waals surface area contributed by atoms with Gasteiger partial charge in [0.15, 0.2) is 23.2 Å².